The van der Waals surface area contributed by atoms with Gasteiger partial charge in [-0.1, -0.05) is 37.5 Å². The molecule has 1 aliphatic rings. The summed E-state index contributed by atoms with van der Waals surface area (Å²) >= 11 is 0. The molecule has 1 aliphatic carbocycles. The quantitative estimate of drug-likeness (QED) is 0.758. The number of hydrogen-bond donors (Lipinski definition) is 0. The molecule has 1 aromatic heterocycles. The van der Waals surface area contributed by atoms with Crippen LogP contribution in [0.15, 0.2) is 41.2 Å². The average molecular weight is 342 g/mol. The lowest BCUT2D eigenvalue weighted by Gasteiger charge is -2.31. The second-order valence-corrected chi connectivity index (χ2v) is 6.76. The Balaban J connectivity index is 1.52. The number of carbonyl (C=O) groups excluding carboxylic acids is 1. The van der Waals surface area contributed by atoms with Gasteiger partial charge in [0.2, 0.25) is 5.91 Å². The zero-order valence-electron chi connectivity index (χ0n) is 14.8. The predicted molar refractivity (Wildman–Crippen MR) is 98.5 cm³/mol. The van der Waals surface area contributed by atoms with Gasteiger partial charge in [0, 0.05) is 31.0 Å². The number of pyridine rings is 1. The predicted octanol–water partition coefficient (Wildman–Crippen LogP) is 3.00. The molecule has 1 amide bonds. The Kier molecular flexibility index (Phi) is 5.74. The molecule has 1 saturated carbocycles. The zero-order chi connectivity index (χ0) is 17.6. The fourth-order valence-corrected chi connectivity index (χ4v) is 3.52. The average Bonchev–Trinajstić information content (AvgIpc) is 2.66. The van der Waals surface area contributed by atoms with Crippen LogP contribution in [-0.2, 0) is 4.79 Å². The van der Waals surface area contributed by atoms with E-state index in [4.69, 9.17) is 4.84 Å². The van der Waals surface area contributed by atoms with Crippen molar-refractivity contribution in [2.45, 2.75) is 51.0 Å². The van der Waals surface area contributed by atoms with Gasteiger partial charge in [-0.05, 0) is 31.4 Å². The summed E-state index contributed by atoms with van der Waals surface area (Å²) in [5.41, 5.74) is 0.560. The van der Waals surface area contributed by atoms with Gasteiger partial charge in [0.1, 0.15) is 6.61 Å². The van der Waals surface area contributed by atoms with Gasteiger partial charge >= 0.3 is 0 Å². The van der Waals surface area contributed by atoms with E-state index in [0.717, 1.165) is 23.7 Å². The molecule has 0 N–H and O–H groups in total. The molecule has 0 saturated heterocycles. The Morgan fingerprint density at radius 2 is 1.92 bits per heavy atom. The molecule has 5 nitrogen and oxygen atoms in total. The smallest absolute Gasteiger partial charge is 0.283 e. The maximum Gasteiger partial charge on any atom is 0.283 e. The van der Waals surface area contributed by atoms with Crippen LogP contribution < -0.4 is 10.4 Å². The van der Waals surface area contributed by atoms with Crippen LogP contribution in [0.4, 0.5) is 0 Å². The number of fused-ring (bicyclic) bond motifs is 1. The number of rotatable bonds is 6. The van der Waals surface area contributed by atoms with Gasteiger partial charge in [-0.2, -0.15) is 0 Å². The highest BCUT2D eigenvalue weighted by Gasteiger charge is 2.21. The number of aromatic nitrogens is 1. The molecule has 0 radical (unpaired) electrons. The van der Waals surface area contributed by atoms with E-state index in [-0.39, 0.29) is 11.5 Å². The number of nitrogens with zero attached hydrogens (tertiary/aromatic N) is 2. The van der Waals surface area contributed by atoms with E-state index in [0.29, 0.717) is 25.5 Å². The normalized spacial score (nSPS) is 15.2. The molecule has 0 unspecified atom stereocenters. The first-order valence-corrected chi connectivity index (χ1v) is 9.16. The van der Waals surface area contributed by atoms with E-state index in [1.807, 2.05) is 36.2 Å². The van der Waals surface area contributed by atoms with Crippen molar-refractivity contribution in [1.82, 2.24) is 9.63 Å². The Labute approximate surface area is 148 Å². The van der Waals surface area contributed by atoms with Crippen LogP contribution in [0.2, 0.25) is 0 Å². The fraction of sp³-hybridized carbons (Fsp3) is 0.500. The van der Waals surface area contributed by atoms with Crippen LogP contribution in [0.1, 0.15) is 44.9 Å². The third-order valence-corrected chi connectivity index (χ3v) is 5.03. The Hall–Kier alpha value is -2.30. The minimum Gasteiger partial charge on any atom is -0.410 e. The summed E-state index contributed by atoms with van der Waals surface area (Å²) in [7, 11) is 1.91. The standard InChI is InChI=1S/C20H26N2O3/c1-21(17-9-3-2-4-10-17)19(23)12-7-15-25-22-18-11-6-5-8-16(18)13-14-20(22)24/h5-6,8,11,13-14,17H,2-4,7,9-10,12,15H2,1H3. The van der Waals surface area contributed by atoms with E-state index in [9.17, 15) is 9.59 Å². The highest BCUT2D eigenvalue weighted by molar-refractivity contribution is 5.78. The number of carbonyl (C=O) groups is 1. The summed E-state index contributed by atoms with van der Waals surface area (Å²) in [6.45, 7) is 0.345. The third-order valence-electron chi connectivity index (χ3n) is 5.03. The molecule has 0 aliphatic heterocycles. The van der Waals surface area contributed by atoms with E-state index in [2.05, 4.69) is 0 Å². The Morgan fingerprint density at radius 1 is 1.16 bits per heavy atom. The lowest BCUT2D eigenvalue weighted by atomic mass is 9.94. The maximum absolute atomic E-state index is 12.3. The first-order chi connectivity index (χ1) is 12.2. The zero-order valence-corrected chi connectivity index (χ0v) is 14.8. The number of benzene rings is 1. The minimum absolute atomic E-state index is 0.167. The molecular formula is C20H26N2O3. The molecule has 2 aromatic rings. The maximum atomic E-state index is 12.3. The van der Waals surface area contributed by atoms with Gasteiger partial charge in [0.05, 0.1) is 5.52 Å². The van der Waals surface area contributed by atoms with E-state index >= 15 is 0 Å². The summed E-state index contributed by atoms with van der Waals surface area (Å²) in [5.74, 6) is 0.167. The molecule has 1 aromatic carbocycles. The summed E-state index contributed by atoms with van der Waals surface area (Å²) in [6.07, 6.45) is 7.00. The van der Waals surface area contributed by atoms with Crippen molar-refractivity contribution in [3.8, 4) is 0 Å². The number of hydrogen-bond acceptors (Lipinski definition) is 3. The third kappa shape index (κ3) is 4.21. The highest BCUT2D eigenvalue weighted by atomic mass is 16.7. The van der Waals surface area contributed by atoms with Gasteiger partial charge in [0.25, 0.3) is 5.56 Å². The molecule has 134 valence electrons. The Bertz CT molecular complexity index is 778. The summed E-state index contributed by atoms with van der Waals surface area (Å²) < 4.78 is 1.32. The van der Waals surface area contributed by atoms with Crippen molar-refractivity contribution in [2.24, 2.45) is 0 Å². The first-order valence-electron chi connectivity index (χ1n) is 9.16. The van der Waals surface area contributed by atoms with Crippen LogP contribution in [0.25, 0.3) is 10.9 Å². The van der Waals surface area contributed by atoms with Crippen LogP contribution >= 0.6 is 0 Å². The van der Waals surface area contributed by atoms with Crippen molar-refractivity contribution >= 4 is 16.8 Å². The van der Waals surface area contributed by atoms with Crippen molar-refractivity contribution in [3.05, 3.63) is 46.8 Å². The summed E-state index contributed by atoms with van der Waals surface area (Å²) in [5, 5.41) is 0.954. The molecule has 1 heterocycles. The number of amides is 1. The molecule has 5 heteroatoms. The Morgan fingerprint density at radius 3 is 2.72 bits per heavy atom. The van der Waals surface area contributed by atoms with E-state index in [1.165, 1.54) is 30.1 Å². The number of para-hydroxylation sites is 1. The SMILES string of the molecule is CN(C(=O)CCCOn1c(=O)ccc2ccccc21)C1CCCCC1. The largest absolute Gasteiger partial charge is 0.410 e. The summed E-state index contributed by atoms with van der Waals surface area (Å²) in [6, 6.07) is 11.3. The van der Waals surface area contributed by atoms with Gasteiger partial charge in [-0.3, -0.25) is 9.59 Å². The minimum atomic E-state index is -0.190. The van der Waals surface area contributed by atoms with E-state index in [1.54, 1.807) is 6.07 Å². The van der Waals surface area contributed by atoms with Gasteiger partial charge < -0.3 is 9.74 Å². The van der Waals surface area contributed by atoms with E-state index < -0.39 is 0 Å². The first kappa shape index (κ1) is 17.5. The lowest BCUT2D eigenvalue weighted by molar-refractivity contribution is -0.132. The monoisotopic (exact) mass is 342 g/mol. The van der Waals surface area contributed by atoms with Crippen molar-refractivity contribution < 1.29 is 9.63 Å². The van der Waals surface area contributed by atoms with Gasteiger partial charge in [-0.15, -0.1) is 4.73 Å². The second kappa shape index (κ2) is 8.19. The van der Waals surface area contributed by atoms with Gasteiger partial charge in [-0.25, -0.2) is 0 Å². The van der Waals surface area contributed by atoms with Crippen molar-refractivity contribution in [1.29, 1.82) is 0 Å². The van der Waals surface area contributed by atoms with Crippen LogP contribution in [0.5, 0.6) is 0 Å². The molecular weight excluding hydrogens is 316 g/mol. The van der Waals surface area contributed by atoms with Crippen molar-refractivity contribution in [2.75, 3.05) is 13.7 Å². The molecule has 0 atom stereocenters. The molecule has 0 bridgehead atoms. The molecule has 1 fully saturated rings. The lowest BCUT2D eigenvalue weighted by Crippen LogP contribution is -2.38. The molecule has 25 heavy (non-hydrogen) atoms. The van der Waals surface area contributed by atoms with Crippen LogP contribution in [-0.4, -0.2) is 35.2 Å². The highest BCUT2D eigenvalue weighted by Crippen LogP contribution is 2.22. The second-order valence-electron chi connectivity index (χ2n) is 6.76. The van der Waals surface area contributed by atoms with Crippen LogP contribution in [0, 0.1) is 0 Å². The molecule has 3 rings (SSSR count). The van der Waals surface area contributed by atoms with Crippen LogP contribution in [0.3, 0.4) is 0 Å². The van der Waals surface area contributed by atoms with Crippen molar-refractivity contribution in [3.63, 3.8) is 0 Å². The summed E-state index contributed by atoms with van der Waals surface area (Å²) in [4.78, 5) is 31.9. The molecule has 0 spiro atoms. The topological polar surface area (TPSA) is 51.5 Å². The van der Waals surface area contributed by atoms with Gasteiger partial charge in [0.15, 0.2) is 0 Å². The fourth-order valence-electron chi connectivity index (χ4n) is 3.52.